The van der Waals surface area contributed by atoms with Crippen LogP contribution in [0.25, 0.3) is 0 Å². The Morgan fingerprint density at radius 1 is 0.930 bits per heavy atom. The first-order valence-corrected chi connectivity index (χ1v) is 14.7. The molecule has 0 aromatic heterocycles. The van der Waals surface area contributed by atoms with Crippen LogP contribution in [0.3, 0.4) is 0 Å². The van der Waals surface area contributed by atoms with E-state index in [1.54, 1.807) is 12.1 Å². The molecule has 6 rings (SSSR count). The minimum absolute atomic E-state index is 0.208. The van der Waals surface area contributed by atoms with Gasteiger partial charge in [-0.2, -0.15) is 0 Å². The lowest BCUT2D eigenvalue weighted by Crippen LogP contribution is -2.57. The predicted molar refractivity (Wildman–Crippen MR) is 159 cm³/mol. The largest absolute Gasteiger partial charge is 0.487 e. The minimum Gasteiger partial charge on any atom is -0.487 e. The van der Waals surface area contributed by atoms with E-state index in [0.29, 0.717) is 37.2 Å². The Kier molecular flexibility index (Phi) is 8.37. The maximum absolute atomic E-state index is 13.1. The lowest BCUT2D eigenvalue weighted by Gasteiger charge is -2.39. The first-order chi connectivity index (χ1) is 20.9. The zero-order valence-corrected chi connectivity index (χ0v) is 23.8. The molecule has 3 aliphatic heterocycles. The highest BCUT2D eigenvalue weighted by Crippen LogP contribution is 2.31. The maximum atomic E-state index is 13.1. The molecule has 3 aromatic rings. The van der Waals surface area contributed by atoms with E-state index >= 15 is 0 Å². The van der Waals surface area contributed by atoms with Gasteiger partial charge in [-0.1, -0.05) is 60.7 Å². The lowest BCUT2D eigenvalue weighted by atomic mass is 10.0. The van der Waals surface area contributed by atoms with Crippen molar-refractivity contribution >= 4 is 23.8 Å². The number of likely N-dealkylation sites (tertiary alicyclic amines) is 1. The van der Waals surface area contributed by atoms with E-state index in [1.165, 1.54) is 10.5 Å². The zero-order chi connectivity index (χ0) is 29.8. The first-order valence-electron chi connectivity index (χ1n) is 14.7. The standard InChI is InChI=1S/C33H35N5O5/c39-30-14-13-28(31(40)36-30)38-20-24-17-25(11-12-26(24)32(38)41)43-29-21-37(19-23-9-5-2-6-10-23)16-15-27(29)35-33(42)34-18-22-7-3-1-4-8-22/h1-12,17,27-29H,13-16,18-21H2,(H2,34,35,42)(H,36,39,40). The number of fused-ring (bicyclic) bond motifs is 1. The van der Waals surface area contributed by atoms with Crippen molar-refractivity contribution in [2.45, 2.75) is 57.1 Å². The summed E-state index contributed by atoms with van der Waals surface area (Å²) in [5, 5.41) is 8.41. The molecular formula is C33H35N5O5. The summed E-state index contributed by atoms with van der Waals surface area (Å²) in [5.41, 5.74) is 3.52. The van der Waals surface area contributed by atoms with Gasteiger partial charge in [0.2, 0.25) is 11.8 Å². The summed E-state index contributed by atoms with van der Waals surface area (Å²) >= 11 is 0. The van der Waals surface area contributed by atoms with E-state index in [-0.39, 0.29) is 43.0 Å². The second-order valence-corrected chi connectivity index (χ2v) is 11.3. The van der Waals surface area contributed by atoms with E-state index in [0.717, 1.165) is 24.2 Å². The van der Waals surface area contributed by atoms with Gasteiger partial charge in [0.25, 0.3) is 5.91 Å². The third-order valence-electron chi connectivity index (χ3n) is 8.29. The Bertz CT molecular complexity index is 1500. The minimum atomic E-state index is -0.671. The van der Waals surface area contributed by atoms with Gasteiger partial charge in [-0.3, -0.25) is 24.6 Å². The molecular weight excluding hydrogens is 546 g/mol. The van der Waals surface area contributed by atoms with E-state index in [1.807, 2.05) is 54.6 Å². The highest BCUT2D eigenvalue weighted by molar-refractivity contribution is 6.05. The summed E-state index contributed by atoms with van der Waals surface area (Å²) in [7, 11) is 0. The number of urea groups is 1. The Hall–Kier alpha value is -4.70. The molecule has 3 aromatic carbocycles. The fourth-order valence-electron chi connectivity index (χ4n) is 6.05. The highest BCUT2D eigenvalue weighted by Gasteiger charge is 2.39. The Labute approximate surface area is 250 Å². The molecule has 10 nitrogen and oxygen atoms in total. The van der Waals surface area contributed by atoms with E-state index < -0.39 is 11.9 Å². The molecule has 3 unspecified atom stereocenters. The van der Waals surface area contributed by atoms with E-state index in [4.69, 9.17) is 4.74 Å². The third-order valence-corrected chi connectivity index (χ3v) is 8.29. The molecule has 3 heterocycles. The maximum Gasteiger partial charge on any atom is 0.315 e. The monoisotopic (exact) mass is 581 g/mol. The molecule has 3 N–H and O–H groups in total. The Morgan fingerprint density at radius 3 is 2.42 bits per heavy atom. The second kappa shape index (κ2) is 12.7. The number of nitrogens with zero attached hydrogens (tertiary/aromatic N) is 2. The number of imide groups is 1. The molecule has 2 fully saturated rings. The van der Waals surface area contributed by atoms with Crippen molar-refractivity contribution in [3.63, 3.8) is 0 Å². The third kappa shape index (κ3) is 6.70. The van der Waals surface area contributed by atoms with Crippen LogP contribution in [0.5, 0.6) is 5.75 Å². The smallest absolute Gasteiger partial charge is 0.315 e. The summed E-state index contributed by atoms with van der Waals surface area (Å²) in [6.07, 6.45) is 0.899. The molecule has 3 aliphatic rings. The van der Waals surface area contributed by atoms with Gasteiger partial charge in [0.05, 0.1) is 6.04 Å². The molecule has 5 amide bonds. The van der Waals surface area contributed by atoms with Gasteiger partial charge in [-0.15, -0.1) is 0 Å². The van der Waals surface area contributed by atoms with E-state index in [2.05, 4.69) is 33.0 Å². The summed E-state index contributed by atoms with van der Waals surface area (Å²) in [6, 6.07) is 24.2. The fourth-order valence-corrected chi connectivity index (χ4v) is 6.05. The molecule has 0 radical (unpaired) electrons. The van der Waals surface area contributed by atoms with Crippen molar-refractivity contribution in [1.29, 1.82) is 0 Å². The van der Waals surface area contributed by atoms with Crippen molar-refractivity contribution in [3.05, 3.63) is 101 Å². The van der Waals surface area contributed by atoms with Gasteiger partial charge in [-0.05, 0) is 47.7 Å². The lowest BCUT2D eigenvalue weighted by molar-refractivity contribution is -0.136. The molecule has 10 heteroatoms. The number of hydrogen-bond donors (Lipinski definition) is 3. The second-order valence-electron chi connectivity index (χ2n) is 11.3. The quantitative estimate of drug-likeness (QED) is 0.352. The van der Waals surface area contributed by atoms with Crippen LogP contribution in [0.15, 0.2) is 78.9 Å². The molecule has 3 atom stereocenters. The molecule has 0 aliphatic carbocycles. The average molecular weight is 582 g/mol. The fraction of sp³-hybridized carbons (Fsp3) is 0.333. The highest BCUT2D eigenvalue weighted by atomic mass is 16.5. The topological polar surface area (TPSA) is 120 Å². The zero-order valence-electron chi connectivity index (χ0n) is 23.8. The summed E-state index contributed by atoms with van der Waals surface area (Å²) < 4.78 is 6.54. The Morgan fingerprint density at radius 2 is 1.67 bits per heavy atom. The van der Waals surface area contributed by atoms with Crippen molar-refractivity contribution in [1.82, 2.24) is 25.8 Å². The number of carbonyl (C=O) groups excluding carboxylic acids is 4. The summed E-state index contributed by atoms with van der Waals surface area (Å²) in [4.78, 5) is 53.9. The predicted octanol–water partition coefficient (Wildman–Crippen LogP) is 2.97. The first kappa shape index (κ1) is 28.4. The van der Waals surface area contributed by atoms with Crippen LogP contribution in [0.4, 0.5) is 4.79 Å². The Balaban J connectivity index is 1.15. The number of amides is 5. The number of ether oxygens (including phenoxy) is 1. The van der Waals surface area contributed by atoms with Gasteiger partial charge < -0.3 is 20.3 Å². The molecule has 0 bridgehead atoms. The summed E-state index contributed by atoms with van der Waals surface area (Å²) in [6.45, 7) is 2.88. The molecule has 0 spiro atoms. The number of benzene rings is 3. The SMILES string of the molecule is O=C1CCC(N2Cc3cc(OC4CN(Cc5ccccc5)CCC4NC(=O)NCc4ccccc4)ccc3C2=O)C(=O)N1. The average Bonchev–Trinajstić information content (AvgIpc) is 3.33. The van der Waals surface area contributed by atoms with Crippen LogP contribution in [0.2, 0.25) is 0 Å². The number of piperidine rings is 2. The number of nitrogens with one attached hydrogen (secondary N) is 3. The van der Waals surface area contributed by atoms with E-state index in [9.17, 15) is 19.2 Å². The van der Waals surface area contributed by atoms with Crippen LogP contribution < -0.4 is 20.7 Å². The normalized spacial score (nSPS) is 22.1. The number of hydrogen-bond acceptors (Lipinski definition) is 6. The van der Waals surface area contributed by atoms with Gasteiger partial charge in [0.1, 0.15) is 17.9 Å². The van der Waals surface area contributed by atoms with Gasteiger partial charge >= 0.3 is 6.03 Å². The number of carbonyl (C=O) groups is 4. The molecule has 43 heavy (non-hydrogen) atoms. The molecule has 0 saturated carbocycles. The van der Waals surface area contributed by atoms with Gasteiger partial charge in [0.15, 0.2) is 0 Å². The summed E-state index contributed by atoms with van der Waals surface area (Å²) in [5.74, 6) is -0.377. The van der Waals surface area contributed by atoms with Crippen LogP contribution in [0, 0.1) is 0 Å². The van der Waals surface area contributed by atoms with Crippen LogP contribution in [-0.4, -0.2) is 64.8 Å². The van der Waals surface area contributed by atoms with Gasteiger partial charge in [0, 0.05) is 44.7 Å². The molecule has 222 valence electrons. The van der Waals surface area contributed by atoms with Gasteiger partial charge in [-0.25, -0.2) is 4.79 Å². The van der Waals surface area contributed by atoms with Crippen LogP contribution in [-0.2, 0) is 29.2 Å². The molecule has 2 saturated heterocycles. The van der Waals surface area contributed by atoms with Crippen LogP contribution >= 0.6 is 0 Å². The van der Waals surface area contributed by atoms with Crippen molar-refractivity contribution in [2.24, 2.45) is 0 Å². The van der Waals surface area contributed by atoms with Crippen molar-refractivity contribution in [3.8, 4) is 5.75 Å². The van der Waals surface area contributed by atoms with Crippen molar-refractivity contribution < 1.29 is 23.9 Å². The van der Waals surface area contributed by atoms with Crippen molar-refractivity contribution in [2.75, 3.05) is 13.1 Å². The van der Waals surface area contributed by atoms with Crippen LogP contribution in [0.1, 0.15) is 46.3 Å². The number of rotatable bonds is 8.